The van der Waals surface area contributed by atoms with Gasteiger partial charge in [0.25, 0.3) is 0 Å². The third-order valence-electron chi connectivity index (χ3n) is 5.14. The topological polar surface area (TPSA) is 80.5 Å². The third kappa shape index (κ3) is 5.03. The molecule has 1 aliphatic heterocycles. The highest BCUT2D eigenvalue weighted by Crippen LogP contribution is 2.32. The van der Waals surface area contributed by atoms with E-state index in [2.05, 4.69) is 10.2 Å². The van der Waals surface area contributed by atoms with E-state index in [0.29, 0.717) is 6.54 Å². The number of morpholine rings is 1. The van der Waals surface area contributed by atoms with E-state index in [-0.39, 0.29) is 30.7 Å². The van der Waals surface area contributed by atoms with Gasteiger partial charge in [0.15, 0.2) is 5.13 Å². The van der Waals surface area contributed by atoms with Gasteiger partial charge in [0.2, 0.25) is 5.91 Å². The summed E-state index contributed by atoms with van der Waals surface area (Å²) in [5, 5.41) is 4.06. The monoisotopic (exact) mass is 434 g/mol. The summed E-state index contributed by atoms with van der Waals surface area (Å²) in [6.45, 7) is 7.60. The number of hydrogen-bond acceptors (Lipinski definition) is 6. The summed E-state index contributed by atoms with van der Waals surface area (Å²) in [6, 6.07) is 5.88. The number of amides is 1. The second-order valence-electron chi connectivity index (χ2n) is 6.42. The lowest BCUT2D eigenvalue weighted by atomic mass is 9.81. The first kappa shape index (κ1) is 23.9. The number of nitrogens with one attached hydrogen (secondary N) is 1. The Bertz CT molecular complexity index is 738. The maximum absolute atomic E-state index is 12.7. The molecule has 9 heteroatoms. The Morgan fingerprint density at radius 2 is 1.96 bits per heavy atom. The van der Waals surface area contributed by atoms with E-state index < -0.39 is 5.41 Å². The number of carbonyl (C=O) groups excluding carboxylic acids is 1. The van der Waals surface area contributed by atoms with E-state index in [0.717, 1.165) is 60.2 Å². The molecule has 1 fully saturated rings. The van der Waals surface area contributed by atoms with Gasteiger partial charge >= 0.3 is 0 Å². The van der Waals surface area contributed by atoms with Crippen LogP contribution >= 0.6 is 36.2 Å². The zero-order chi connectivity index (χ0) is 17.9. The molecule has 152 valence electrons. The molecule has 1 aromatic heterocycles. The molecule has 2 heterocycles. The van der Waals surface area contributed by atoms with Gasteiger partial charge in [0, 0.05) is 25.3 Å². The van der Waals surface area contributed by atoms with Crippen molar-refractivity contribution >= 4 is 63.1 Å². The van der Waals surface area contributed by atoms with E-state index in [1.54, 1.807) is 11.3 Å². The highest BCUT2D eigenvalue weighted by atomic mass is 35.5. The Labute approximate surface area is 176 Å². The van der Waals surface area contributed by atoms with Crippen LogP contribution < -0.4 is 16.0 Å². The molecule has 6 nitrogen and oxygen atoms in total. The first-order chi connectivity index (χ1) is 12.1. The van der Waals surface area contributed by atoms with Gasteiger partial charge in [0.05, 0.1) is 28.8 Å². The van der Waals surface area contributed by atoms with E-state index in [1.165, 1.54) is 0 Å². The van der Waals surface area contributed by atoms with Crippen LogP contribution in [0.1, 0.15) is 26.7 Å². The van der Waals surface area contributed by atoms with Crippen molar-refractivity contribution in [2.75, 3.05) is 43.1 Å². The lowest BCUT2D eigenvalue weighted by Crippen LogP contribution is -2.41. The van der Waals surface area contributed by atoms with Crippen molar-refractivity contribution in [3.05, 3.63) is 18.2 Å². The second kappa shape index (κ2) is 10.4. The van der Waals surface area contributed by atoms with E-state index in [1.807, 2.05) is 32.0 Å². The molecule has 0 spiro atoms. The van der Waals surface area contributed by atoms with Crippen LogP contribution in [0.15, 0.2) is 18.2 Å². The van der Waals surface area contributed by atoms with Gasteiger partial charge in [0.1, 0.15) is 0 Å². The predicted octanol–water partition coefficient (Wildman–Crippen LogP) is 3.68. The standard InChI is InChI=1S/C18H26N4O2S.2ClH/c1-3-18(4-2,12-19)16(23)20-13-5-6-14-15(11-13)25-17(21-14)22-7-9-24-10-8-22;;/h5-6,11H,3-4,7-10,12,19H2,1-2H3,(H,20,23);2*1H. The van der Waals surface area contributed by atoms with Gasteiger partial charge in [-0.2, -0.15) is 0 Å². The molecule has 1 amide bonds. The summed E-state index contributed by atoms with van der Waals surface area (Å²) in [5.41, 5.74) is 7.14. The molecule has 0 atom stereocenters. The molecule has 27 heavy (non-hydrogen) atoms. The maximum Gasteiger partial charge on any atom is 0.231 e. The first-order valence-electron chi connectivity index (χ1n) is 8.86. The third-order valence-corrected chi connectivity index (χ3v) is 6.22. The van der Waals surface area contributed by atoms with E-state index in [9.17, 15) is 4.79 Å². The highest BCUT2D eigenvalue weighted by Gasteiger charge is 2.33. The number of thiazole rings is 1. The minimum atomic E-state index is -0.498. The molecule has 0 radical (unpaired) electrons. The SMILES string of the molecule is CCC(CC)(CN)C(=O)Nc1ccc2nc(N3CCOCC3)sc2c1.Cl.Cl. The molecule has 3 rings (SSSR count). The van der Waals surface area contributed by atoms with Crippen molar-refractivity contribution in [2.45, 2.75) is 26.7 Å². The number of ether oxygens (including phenoxy) is 1. The van der Waals surface area contributed by atoms with Crippen LogP contribution in [0.25, 0.3) is 10.2 Å². The predicted molar refractivity (Wildman–Crippen MR) is 118 cm³/mol. The lowest BCUT2D eigenvalue weighted by Gasteiger charge is -2.28. The molecule has 0 unspecified atom stereocenters. The van der Waals surface area contributed by atoms with Gasteiger partial charge in [-0.25, -0.2) is 4.98 Å². The van der Waals surface area contributed by atoms with E-state index >= 15 is 0 Å². The first-order valence-corrected chi connectivity index (χ1v) is 9.68. The molecule has 0 bridgehead atoms. The summed E-state index contributed by atoms with van der Waals surface area (Å²) in [7, 11) is 0. The van der Waals surface area contributed by atoms with Crippen LogP contribution in [-0.4, -0.2) is 43.7 Å². The van der Waals surface area contributed by atoms with Crippen LogP contribution in [0.3, 0.4) is 0 Å². The Balaban J connectivity index is 0.00000182. The Hall–Kier alpha value is -1.12. The average molecular weight is 435 g/mol. The summed E-state index contributed by atoms with van der Waals surface area (Å²) in [6.07, 6.45) is 1.46. The fraction of sp³-hybridized carbons (Fsp3) is 0.556. The number of anilines is 2. The highest BCUT2D eigenvalue weighted by molar-refractivity contribution is 7.22. The smallest absolute Gasteiger partial charge is 0.231 e. The molecule has 3 N–H and O–H groups in total. The molecular weight excluding hydrogens is 407 g/mol. The van der Waals surface area contributed by atoms with Crippen molar-refractivity contribution < 1.29 is 9.53 Å². The van der Waals surface area contributed by atoms with Crippen LogP contribution in [0.4, 0.5) is 10.8 Å². The van der Waals surface area contributed by atoms with Gasteiger partial charge in [-0.15, -0.1) is 24.8 Å². The van der Waals surface area contributed by atoms with Gasteiger partial charge in [-0.05, 0) is 31.0 Å². The number of hydrogen-bond donors (Lipinski definition) is 2. The van der Waals surface area contributed by atoms with Crippen LogP contribution in [0, 0.1) is 5.41 Å². The zero-order valence-corrected chi connectivity index (χ0v) is 18.1. The number of fused-ring (bicyclic) bond motifs is 1. The second-order valence-corrected chi connectivity index (χ2v) is 7.43. The van der Waals surface area contributed by atoms with Crippen molar-refractivity contribution in [1.82, 2.24) is 4.98 Å². The van der Waals surface area contributed by atoms with Gasteiger partial charge in [-0.3, -0.25) is 4.79 Å². The number of aromatic nitrogens is 1. The van der Waals surface area contributed by atoms with Crippen molar-refractivity contribution in [1.29, 1.82) is 0 Å². The summed E-state index contributed by atoms with van der Waals surface area (Å²) in [5.74, 6) is -0.00253. The van der Waals surface area contributed by atoms with Crippen LogP contribution in [-0.2, 0) is 9.53 Å². The number of benzene rings is 1. The lowest BCUT2D eigenvalue weighted by molar-refractivity contribution is -0.125. The Morgan fingerprint density at radius 1 is 1.30 bits per heavy atom. The number of nitrogens with zero attached hydrogens (tertiary/aromatic N) is 2. The number of carbonyl (C=O) groups is 1. The van der Waals surface area contributed by atoms with Crippen LogP contribution in [0.2, 0.25) is 0 Å². The Kier molecular flexibility index (Phi) is 9.24. The van der Waals surface area contributed by atoms with Crippen LogP contribution in [0.5, 0.6) is 0 Å². The van der Waals surface area contributed by atoms with Gasteiger partial charge < -0.3 is 20.7 Å². The largest absolute Gasteiger partial charge is 0.378 e. The van der Waals surface area contributed by atoms with Crippen molar-refractivity contribution in [3.63, 3.8) is 0 Å². The zero-order valence-electron chi connectivity index (χ0n) is 15.7. The fourth-order valence-electron chi connectivity index (χ4n) is 3.10. The molecule has 1 aromatic carbocycles. The number of rotatable bonds is 6. The maximum atomic E-state index is 12.7. The molecular formula is C18H28Cl2N4O2S. The molecule has 2 aromatic rings. The minimum Gasteiger partial charge on any atom is -0.378 e. The Morgan fingerprint density at radius 3 is 2.56 bits per heavy atom. The van der Waals surface area contributed by atoms with Gasteiger partial charge in [-0.1, -0.05) is 25.2 Å². The fourth-order valence-corrected chi connectivity index (χ4v) is 4.15. The average Bonchev–Trinajstić information content (AvgIpc) is 3.08. The molecule has 1 aliphatic rings. The summed E-state index contributed by atoms with van der Waals surface area (Å²) in [4.78, 5) is 19.7. The van der Waals surface area contributed by atoms with Crippen molar-refractivity contribution in [3.8, 4) is 0 Å². The molecule has 0 saturated carbocycles. The van der Waals surface area contributed by atoms with Crippen molar-refractivity contribution in [2.24, 2.45) is 11.1 Å². The normalized spacial score (nSPS) is 14.4. The summed E-state index contributed by atoms with van der Waals surface area (Å²) >= 11 is 1.65. The summed E-state index contributed by atoms with van der Waals surface area (Å²) < 4.78 is 6.47. The molecule has 1 saturated heterocycles. The number of halogens is 2. The molecule has 0 aliphatic carbocycles. The minimum absolute atomic E-state index is 0. The van der Waals surface area contributed by atoms with E-state index in [4.69, 9.17) is 15.5 Å². The quantitative estimate of drug-likeness (QED) is 0.724. The number of nitrogens with two attached hydrogens (primary N) is 1.